The zero-order valence-corrected chi connectivity index (χ0v) is 18.1. The van der Waals surface area contributed by atoms with Gasteiger partial charge in [0.1, 0.15) is 5.75 Å². The van der Waals surface area contributed by atoms with E-state index in [0.29, 0.717) is 21.4 Å². The van der Waals surface area contributed by atoms with Gasteiger partial charge in [0.15, 0.2) is 0 Å². The number of hydrogen-bond acceptors (Lipinski definition) is 2. The molecule has 0 saturated heterocycles. The minimum absolute atomic E-state index is 0.00986. The Kier molecular flexibility index (Phi) is 4.98. The molecule has 29 heavy (non-hydrogen) atoms. The number of hydrogen-bond donors (Lipinski definition) is 1. The van der Waals surface area contributed by atoms with Gasteiger partial charge in [0.2, 0.25) is 0 Å². The highest BCUT2D eigenvalue weighted by molar-refractivity contribution is 6.30. The average Bonchev–Trinajstić information content (AvgIpc) is 2.67. The molecule has 1 N–H and O–H groups in total. The van der Waals surface area contributed by atoms with Gasteiger partial charge >= 0.3 is 0 Å². The van der Waals surface area contributed by atoms with E-state index in [9.17, 15) is 5.11 Å². The van der Waals surface area contributed by atoms with Gasteiger partial charge in [0.25, 0.3) is 5.79 Å². The van der Waals surface area contributed by atoms with Crippen LogP contribution in [0.2, 0.25) is 10.0 Å². The number of halogens is 2. The fourth-order valence-electron chi connectivity index (χ4n) is 3.47. The van der Waals surface area contributed by atoms with Crippen LogP contribution in [0.3, 0.4) is 0 Å². The van der Waals surface area contributed by atoms with Crippen LogP contribution in [0.5, 0.6) is 5.75 Å². The second kappa shape index (κ2) is 7.21. The third kappa shape index (κ3) is 3.93. The summed E-state index contributed by atoms with van der Waals surface area (Å²) in [6.07, 6.45) is 1.76. The molecular formula is C25H22Cl2O2. The van der Waals surface area contributed by atoms with Crippen molar-refractivity contribution in [1.29, 1.82) is 0 Å². The van der Waals surface area contributed by atoms with E-state index in [2.05, 4.69) is 26.8 Å². The molecule has 0 aromatic heterocycles. The zero-order valence-electron chi connectivity index (χ0n) is 16.5. The highest BCUT2D eigenvalue weighted by atomic mass is 35.5. The second-order valence-electron chi connectivity index (χ2n) is 8.33. The monoisotopic (exact) mass is 424 g/mol. The van der Waals surface area contributed by atoms with Gasteiger partial charge in [-0.15, -0.1) is 0 Å². The number of rotatable bonds is 2. The Morgan fingerprint density at radius 3 is 2.00 bits per heavy atom. The first-order valence-electron chi connectivity index (χ1n) is 9.47. The lowest BCUT2D eigenvalue weighted by atomic mass is 9.83. The van der Waals surface area contributed by atoms with Crippen molar-refractivity contribution in [3.63, 3.8) is 0 Å². The number of aliphatic hydroxyl groups is 1. The molecule has 1 unspecified atom stereocenters. The van der Waals surface area contributed by atoms with Gasteiger partial charge in [-0.1, -0.05) is 74.3 Å². The summed E-state index contributed by atoms with van der Waals surface area (Å²) >= 11 is 12.1. The molecule has 0 saturated carbocycles. The Hall–Kier alpha value is -2.26. The summed E-state index contributed by atoms with van der Waals surface area (Å²) in [5.41, 5.74) is 4.59. The third-order valence-electron chi connectivity index (χ3n) is 5.15. The summed E-state index contributed by atoms with van der Waals surface area (Å²) in [5, 5.41) is 12.7. The summed E-state index contributed by atoms with van der Waals surface area (Å²) in [4.78, 5) is 0. The van der Waals surface area contributed by atoms with Crippen LogP contribution in [0.15, 0.2) is 72.8 Å². The van der Waals surface area contributed by atoms with Crippen molar-refractivity contribution < 1.29 is 9.84 Å². The van der Waals surface area contributed by atoms with Crippen LogP contribution < -0.4 is 4.74 Å². The predicted octanol–water partition coefficient (Wildman–Crippen LogP) is 6.96. The molecule has 0 fully saturated rings. The molecule has 1 heterocycles. The first-order valence-corrected chi connectivity index (χ1v) is 10.2. The van der Waals surface area contributed by atoms with Gasteiger partial charge in [-0.3, -0.25) is 0 Å². The molecule has 3 aromatic carbocycles. The molecule has 1 aliphatic heterocycles. The maximum absolute atomic E-state index is 11.4. The Labute approximate surface area is 181 Å². The molecule has 2 nitrogen and oxygen atoms in total. The van der Waals surface area contributed by atoms with Gasteiger partial charge in [-0.05, 0) is 58.5 Å². The molecule has 1 atom stereocenters. The Morgan fingerprint density at radius 1 is 0.828 bits per heavy atom. The summed E-state index contributed by atoms with van der Waals surface area (Å²) in [7, 11) is 0. The van der Waals surface area contributed by atoms with Crippen molar-refractivity contribution in [1.82, 2.24) is 0 Å². The van der Waals surface area contributed by atoms with Gasteiger partial charge in [-0.25, -0.2) is 0 Å². The van der Waals surface area contributed by atoms with Crippen LogP contribution in [0.25, 0.3) is 5.57 Å². The van der Waals surface area contributed by atoms with Gasteiger partial charge in [0.05, 0.1) is 0 Å². The lowest BCUT2D eigenvalue weighted by Crippen LogP contribution is -2.33. The SMILES string of the molecule is CC(C)(C)c1ccc2c(c1)C(c1ccc(Cl)cc1)=CC(O)(c1ccc(Cl)cc1)O2. The zero-order chi connectivity index (χ0) is 20.8. The van der Waals surface area contributed by atoms with Crippen molar-refractivity contribution in [2.24, 2.45) is 0 Å². The molecule has 3 aromatic rings. The van der Waals surface area contributed by atoms with Crippen molar-refractivity contribution in [3.8, 4) is 5.75 Å². The number of fused-ring (bicyclic) bond motifs is 1. The molecule has 0 spiro atoms. The summed E-state index contributed by atoms with van der Waals surface area (Å²) in [5.74, 6) is -0.974. The minimum atomic E-state index is -1.60. The lowest BCUT2D eigenvalue weighted by Gasteiger charge is -2.34. The van der Waals surface area contributed by atoms with Crippen LogP contribution in [-0.4, -0.2) is 5.11 Å². The standard InChI is InChI=1S/C25H22Cl2O2/c1-24(2,3)18-8-13-23-21(14-18)22(16-4-9-19(26)10-5-16)15-25(28,29-23)17-6-11-20(27)12-7-17/h4-15,28H,1-3H3. The average molecular weight is 425 g/mol. The van der Waals surface area contributed by atoms with Crippen molar-refractivity contribution in [3.05, 3.63) is 105 Å². The Morgan fingerprint density at radius 2 is 1.41 bits per heavy atom. The van der Waals surface area contributed by atoms with E-state index in [1.54, 1.807) is 30.3 Å². The molecule has 0 amide bonds. The van der Waals surface area contributed by atoms with E-state index in [1.807, 2.05) is 36.4 Å². The van der Waals surface area contributed by atoms with Crippen LogP contribution in [-0.2, 0) is 11.2 Å². The summed E-state index contributed by atoms with van der Waals surface area (Å²) in [6, 6.07) is 20.7. The van der Waals surface area contributed by atoms with Crippen molar-refractivity contribution >= 4 is 28.8 Å². The van der Waals surface area contributed by atoms with Crippen LogP contribution in [0.1, 0.15) is 43.0 Å². The highest BCUT2D eigenvalue weighted by Crippen LogP contribution is 2.44. The highest BCUT2D eigenvalue weighted by Gasteiger charge is 2.36. The maximum atomic E-state index is 11.4. The van der Waals surface area contributed by atoms with Crippen LogP contribution >= 0.6 is 23.2 Å². The normalized spacial score (nSPS) is 18.6. The third-order valence-corrected chi connectivity index (χ3v) is 5.66. The van der Waals surface area contributed by atoms with Gasteiger partial charge in [0, 0.05) is 27.2 Å². The van der Waals surface area contributed by atoms with E-state index in [4.69, 9.17) is 27.9 Å². The smallest absolute Gasteiger partial charge is 0.255 e. The Bertz CT molecular complexity index is 1080. The van der Waals surface area contributed by atoms with E-state index < -0.39 is 5.79 Å². The molecule has 0 bridgehead atoms. The summed E-state index contributed by atoms with van der Waals surface area (Å²) in [6.45, 7) is 6.52. The fraction of sp³-hybridized carbons (Fsp3) is 0.200. The predicted molar refractivity (Wildman–Crippen MR) is 120 cm³/mol. The quantitative estimate of drug-likeness (QED) is 0.481. The molecular weight excluding hydrogens is 403 g/mol. The largest absolute Gasteiger partial charge is 0.454 e. The molecule has 0 radical (unpaired) electrons. The second-order valence-corrected chi connectivity index (χ2v) is 9.20. The first kappa shape index (κ1) is 20.0. The van der Waals surface area contributed by atoms with Crippen molar-refractivity contribution in [2.75, 3.05) is 0 Å². The molecule has 4 heteroatoms. The van der Waals surface area contributed by atoms with E-state index in [0.717, 1.165) is 16.7 Å². The van der Waals surface area contributed by atoms with E-state index in [-0.39, 0.29) is 5.41 Å². The van der Waals surface area contributed by atoms with Crippen LogP contribution in [0, 0.1) is 0 Å². The van der Waals surface area contributed by atoms with Crippen LogP contribution in [0.4, 0.5) is 0 Å². The number of benzene rings is 3. The topological polar surface area (TPSA) is 29.5 Å². The Balaban J connectivity index is 1.92. The van der Waals surface area contributed by atoms with Crippen molar-refractivity contribution in [2.45, 2.75) is 32.0 Å². The van der Waals surface area contributed by atoms with Gasteiger partial charge < -0.3 is 9.84 Å². The summed E-state index contributed by atoms with van der Waals surface area (Å²) < 4.78 is 6.10. The molecule has 1 aliphatic rings. The minimum Gasteiger partial charge on any atom is -0.454 e. The fourth-order valence-corrected chi connectivity index (χ4v) is 3.72. The molecule has 0 aliphatic carbocycles. The maximum Gasteiger partial charge on any atom is 0.255 e. The van der Waals surface area contributed by atoms with Gasteiger partial charge in [-0.2, -0.15) is 0 Å². The molecule has 4 rings (SSSR count). The number of ether oxygens (including phenoxy) is 1. The molecule has 148 valence electrons. The van der Waals surface area contributed by atoms with E-state index in [1.165, 1.54) is 5.56 Å². The lowest BCUT2D eigenvalue weighted by molar-refractivity contribution is -0.103. The van der Waals surface area contributed by atoms with E-state index >= 15 is 0 Å². The first-order chi connectivity index (χ1) is 13.7.